The molecule has 4 rings (SSSR count). The molecule has 1 unspecified atom stereocenters. The summed E-state index contributed by atoms with van der Waals surface area (Å²) in [4.78, 5) is 12.3. The van der Waals surface area contributed by atoms with E-state index >= 15 is 0 Å². The van der Waals surface area contributed by atoms with Gasteiger partial charge in [-0.2, -0.15) is 4.31 Å². The summed E-state index contributed by atoms with van der Waals surface area (Å²) < 4.78 is 74.2. The maximum Gasteiger partial charge on any atom is 0.286 e. The van der Waals surface area contributed by atoms with Gasteiger partial charge in [-0.1, -0.05) is 11.6 Å². The Balaban J connectivity index is 1.66. The molecule has 2 aliphatic rings. The minimum absolute atomic E-state index is 0.0479. The highest BCUT2D eigenvalue weighted by Gasteiger charge is 2.47. The number of sulfonamides is 1. The van der Waals surface area contributed by atoms with Crippen LogP contribution < -0.4 is 10.1 Å². The number of rotatable bonds is 6. The summed E-state index contributed by atoms with van der Waals surface area (Å²) in [7, 11) is -4.48. The molecule has 178 valence electrons. The van der Waals surface area contributed by atoms with E-state index in [4.69, 9.17) is 16.3 Å². The summed E-state index contributed by atoms with van der Waals surface area (Å²) >= 11 is 5.72. The molecule has 1 atom stereocenters. The molecule has 1 heterocycles. The minimum Gasteiger partial charge on any atom is -0.489 e. The second kappa shape index (κ2) is 8.79. The lowest BCUT2D eigenvalue weighted by atomic mass is 10.1. The van der Waals surface area contributed by atoms with E-state index < -0.39 is 51.6 Å². The zero-order chi connectivity index (χ0) is 24.0. The van der Waals surface area contributed by atoms with Gasteiger partial charge in [0.25, 0.3) is 11.8 Å². The third-order valence-corrected chi connectivity index (χ3v) is 7.50. The van der Waals surface area contributed by atoms with Crippen LogP contribution in [0.15, 0.2) is 41.3 Å². The number of hydrogen-bond donors (Lipinski definition) is 2. The van der Waals surface area contributed by atoms with Gasteiger partial charge in [-0.25, -0.2) is 21.6 Å². The Morgan fingerprint density at radius 2 is 1.91 bits per heavy atom. The highest BCUT2D eigenvalue weighted by molar-refractivity contribution is 7.89. The fourth-order valence-corrected chi connectivity index (χ4v) is 5.12. The van der Waals surface area contributed by atoms with E-state index in [-0.39, 0.29) is 34.7 Å². The number of nitrogens with zero attached hydrogens (tertiary/aromatic N) is 1. The number of amides is 1. The number of halogens is 4. The van der Waals surface area contributed by atoms with Gasteiger partial charge in [-0.15, -0.1) is 0 Å². The summed E-state index contributed by atoms with van der Waals surface area (Å²) in [5.74, 6) is -5.05. The molecule has 7 nitrogen and oxygen atoms in total. The molecule has 1 aliphatic heterocycles. The highest BCUT2D eigenvalue weighted by atomic mass is 35.5. The molecule has 12 heteroatoms. The van der Waals surface area contributed by atoms with Crippen molar-refractivity contribution in [2.45, 2.75) is 42.3 Å². The van der Waals surface area contributed by atoms with Gasteiger partial charge in [-0.3, -0.25) is 4.79 Å². The Kier molecular flexibility index (Phi) is 6.34. The Hall–Kier alpha value is -2.34. The molecule has 1 amide bonds. The van der Waals surface area contributed by atoms with E-state index in [9.17, 15) is 31.5 Å². The fourth-order valence-electron chi connectivity index (χ4n) is 3.33. The molecule has 0 radical (unpaired) electrons. The number of ether oxygens (including phenoxy) is 1. The third kappa shape index (κ3) is 5.11. The lowest BCUT2D eigenvalue weighted by molar-refractivity contribution is -0.136. The van der Waals surface area contributed by atoms with Gasteiger partial charge in [0.05, 0.1) is 17.7 Å². The average Bonchev–Trinajstić information content (AvgIpc) is 3.56. The van der Waals surface area contributed by atoms with E-state index in [0.717, 1.165) is 25.0 Å². The minimum atomic E-state index is -4.48. The molecule has 1 saturated heterocycles. The number of nitrogens with one attached hydrogen (secondary N) is 1. The molecular weight excluding hydrogens is 485 g/mol. The smallest absolute Gasteiger partial charge is 0.286 e. The van der Waals surface area contributed by atoms with Crippen molar-refractivity contribution in [3.8, 4) is 5.75 Å². The normalized spacial score (nSPS) is 20.9. The number of anilines is 1. The zero-order valence-corrected chi connectivity index (χ0v) is 18.7. The van der Waals surface area contributed by atoms with E-state index in [0.29, 0.717) is 4.31 Å². The highest BCUT2D eigenvalue weighted by Crippen LogP contribution is 2.37. The summed E-state index contributed by atoms with van der Waals surface area (Å²) in [5, 5.41) is 11.8. The van der Waals surface area contributed by atoms with E-state index in [1.165, 1.54) is 24.3 Å². The van der Waals surface area contributed by atoms with Crippen molar-refractivity contribution < 1.29 is 36.2 Å². The topological polar surface area (TPSA) is 95.9 Å². The fraction of sp³-hybridized carbons (Fsp3) is 0.381. The van der Waals surface area contributed by atoms with Crippen LogP contribution in [0.2, 0.25) is 5.02 Å². The van der Waals surface area contributed by atoms with Crippen LogP contribution in [0.1, 0.15) is 29.6 Å². The molecule has 0 aromatic heterocycles. The predicted molar refractivity (Wildman–Crippen MR) is 114 cm³/mol. The Bertz CT molecular complexity index is 1190. The zero-order valence-electron chi connectivity index (χ0n) is 17.1. The van der Waals surface area contributed by atoms with Crippen LogP contribution in [-0.4, -0.2) is 55.0 Å². The second-order valence-corrected chi connectivity index (χ2v) is 10.3. The molecular formula is C21H20ClF3N2O5S. The third-order valence-electron chi connectivity index (χ3n) is 5.35. The molecule has 2 fully saturated rings. The monoisotopic (exact) mass is 504 g/mol. The molecule has 2 aromatic carbocycles. The average molecular weight is 505 g/mol. The van der Waals surface area contributed by atoms with Crippen molar-refractivity contribution in [3.63, 3.8) is 0 Å². The van der Waals surface area contributed by atoms with Crippen molar-refractivity contribution in [3.05, 3.63) is 52.8 Å². The Labute approximate surface area is 193 Å². The lowest BCUT2D eigenvalue weighted by Gasteiger charge is -2.35. The van der Waals surface area contributed by atoms with Gasteiger partial charge >= 0.3 is 0 Å². The molecule has 33 heavy (non-hydrogen) atoms. The number of hydrogen-bond acceptors (Lipinski definition) is 5. The van der Waals surface area contributed by atoms with Crippen LogP contribution in [0.3, 0.4) is 0 Å². The van der Waals surface area contributed by atoms with Crippen LogP contribution >= 0.6 is 11.6 Å². The molecule has 0 spiro atoms. The molecule has 2 N–H and O–H groups in total. The van der Waals surface area contributed by atoms with E-state index in [1.54, 1.807) is 0 Å². The van der Waals surface area contributed by atoms with Crippen LogP contribution in [0.5, 0.6) is 5.75 Å². The second-order valence-electron chi connectivity index (χ2n) is 7.97. The van der Waals surface area contributed by atoms with Gasteiger partial charge in [0.2, 0.25) is 10.0 Å². The number of aliphatic hydroxyl groups excluding tert-OH is 1. The van der Waals surface area contributed by atoms with Crippen molar-refractivity contribution in [1.82, 2.24) is 4.31 Å². The van der Waals surface area contributed by atoms with Crippen molar-refractivity contribution in [1.29, 1.82) is 0 Å². The summed E-state index contributed by atoms with van der Waals surface area (Å²) in [6.45, 7) is -1.50. The van der Waals surface area contributed by atoms with E-state index in [1.807, 2.05) is 0 Å². The number of aliphatic hydroxyl groups is 1. The van der Waals surface area contributed by atoms with Gasteiger partial charge in [0.1, 0.15) is 22.6 Å². The first-order chi connectivity index (χ1) is 15.5. The summed E-state index contributed by atoms with van der Waals surface area (Å²) in [6.07, 6.45) is -1.12. The SMILES string of the molecule is O=C(Nc1ccc(F)c(Cl)c1)c1ccc(OC2CC2)c(S(=O)(=O)N2CCC(O)C(F)(F)C2)c1. The lowest BCUT2D eigenvalue weighted by Crippen LogP contribution is -2.53. The van der Waals surface area contributed by atoms with Crippen molar-refractivity contribution >= 4 is 33.2 Å². The standard InChI is InChI=1S/C21H20ClF3N2O5S/c22-15-10-13(2-5-16(15)23)26-20(29)12-1-6-17(32-14-3-4-14)18(9-12)33(30,31)27-8-7-19(28)21(24,25)11-27/h1-2,5-6,9-10,14,19,28H,3-4,7-8,11H2,(H,26,29). The first-order valence-electron chi connectivity index (χ1n) is 10.1. The van der Waals surface area contributed by atoms with Crippen LogP contribution in [0.25, 0.3) is 0 Å². The van der Waals surface area contributed by atoms with Crippen molar-refractivity contribution in [2.75, 3.05) is 18.4 Å². The molecule has 1 saturated carbocycles. The number of benzene rings is 2. The maximum atomic E-state index is 14.0. The van der Waals surface area contributed by atoms with Gasteiger partial charge < -0.3 is 15.2 Å². The Morgan fingerprint density at radius 3 is 2.55 bits per heavy atom. The quantitative estimate of drug-likeness (QED) is 0.626. The first-order valence-corrected chi connectivity index (χ1v) is 11.9. The maximum absolute atomic E-state index is 14.0. The summed E-state index contributed by atoms with van der Waals surface area (Å²) in [6, 6.07) is 7.23. The van der Waals surface area contributed by atoms with Crippen LogP contribution in [0.4, 0.5) is 18.9 Å². The van der Waals surface area contributed by atoms with Gasteiger partial charge in [0, 0.05) is 17.8 Å². The predicted octanol–water partition coefficient (Wildman–Crippen LogP) is 3.66. The number of carbonyl (C=O) groups is 1. The van der Waals surface area contributed by atoms with E-state index in [2.05, 4.69) is 5.32 Å². The first kappa shape index (κ1) is 23.8. The van der Waals surface area contributed by atoms with Gasteiger partial charge in [-0.05, 0) is 55.7 Å². The van der Waals surface area contributed by atoms with Gasteiger partial charge in [0.15, 0.2) is 0 Å². The Morgan fingerprint density at radius 1 is 1.18 bits per heavy atom. The molecule has 0 bridgehead atoms. The van der Waals surface area contributed by atoms with Crippen LogP contribution in [-0.2, 0) is 10.0 Å². The number of carbonyl (C=O) groups excluding carboxylic acids is 1. The number of piperidine rings is 1. The number of alkyl halides is 2. The largest absolute Gasteiger partial charge is 0.489 e. The summed E-state index contributed by atoms with van der Waals surface area (Å²) in [5.41, 5.74) is 0.0970. The molecule has 1 aliphatic carbocycles. The van der Waals surface area contributed by atoms with Crippen molar-refractivity contribution in [2.24, 2.45) is 0 Å². The molecule has 2 aromatic rings. The van der Waals surface area contributed by atoms with Crippen LogP contribution in [0, 0.1) is 5.82 Å².